The summed E-state index contributed by atoms with van der Waals surface area (Å²) in [5, 5.41) is 0.299. The van der Waals surface area contributed by atoms with E-state index in [-0.39, 0.29) is 4.49 Å². The number of rotatable bonds is 1. The van der Waals surface area contributed by atoms with E-state index in [4.69, 9.17) is 23.2 Å². The van der Waals surface area contributed by atoms with Crippen molar-refractivity contribution in [3.05, 3.63) is 22.7 Å². The van der Waals surface area contributed by atoms with Crippen LogP contribution in [-0.2, 0) is 0 Å². The van der Waals surface area contributed by atoms with Crippen LogP contribution in [0.5, 0.6) is 0 Å². The normalized spacial score (nSPS) is 12.2. The van der Waals surface area contributed by atoms with Crippen LogP contribution in [0.4, 0.5) is 0 Å². The average Bonchev–Trinajstić information content (AvgIpc) is 2.00. The summed E-state index contributed by atoms with van der Waals surface area (Å²) in [5.41, 5.74) is 3.36. The molecule has 0 N–H and O–H groups in total. The number of hydrogen-bond acceptors (Lipinski definition) is 0. The maximum atomic E-state index is 5.45. The van der Waals surface area contributed by atoms with Gasteiger partial charge >= 0.3 is 0 Å². The van der Waals surface area contributed by atoms with Gasteiger partial charge in [-0.15, -0.1) is 5.54 Å². The summed E-state index contributed by atoms with van der Waals surface area (Å²) in [7, 11) is -1.48. The van der Waals surface area contributed by atoms with Gasteiger partial charge in [0.2, 0.25) is 0 Å². The molecule has 0 spiro atoms. The van der Waals surface area contributed by atoms with E-state index in [0.717, 1.165) is 0 Å². The standard InChI is InChI=1S/C12H18Cl2Si/c1-12(2,3)15(4,5)10-8-6-7-9-11(13)14/h6-7,9H,1-5H3/b7-6-. The van der Waals surface area contributed by atoms with E-state index in [9.17, 15) is 0 Å². The molecule has 0 fully saturated rings. The molecule has 0 heterocycles. The second-order valence-corrected chi connectivity index (χ2v) is 11.0. The molecule has 0 atom stereocenters. The summed E-state index contributed by atoms with van der Waals surface area (Å²) in [6.45, 7) is 11.3. The minimum absolute atomic E-state index is 0.250. The SMILES string of the molecule is CC(C)(C)[Si](C)(C)C#C/C=C\C=C(Cl)Cl. The molecule has 0 aliphatic heterocycles. The highest BCUT2D eigenvalue weighted by Crippen LogP contribution is 2.34. The summed E-state index contributed by atoms with van der Waals surface area (Å²) >= 11 is 10.9. The molecule has 0 aromatic carbocycles. The highest BCUT2D eigenvalue weighted by molar-refractivity contribution is 6.87. The van der Waals surface area contributed by atoms with Crippen molar-refractivity contribution in [1.82, 2.24) is 0 Å². The van der Waals surface area contributed by atoms with Crippen molar-refractivity contribution < 1.29 is 0 Å². The Kier molecular flexibility index (Phi) is 5.73. The molecular weight excluding hydrogens is 243 g/mol. The van der Waals surface area contributed by atoms with Crippen molar-refractivity contribution in [3.8, 4) is 11.5 Å². The molecule has 0 aromatic heterocycles. The van der Waals surface area contributed by atoms with Gasteiger partial charge in [-0.3, -0.25) is 0 Å². The minimum Gasteiger partial charge on any atom is -0.127 e. The average molecular weight is 261 g/mol. The second-order valence-electron chi connectivity index (χ2n) is 4.96. The van der Waals surface area contributed by atoms with Gasteiger partial charge in [-0.25, -0.2) is 0 Å². The van der Waals surface area contributed by atoms with E-state index in [1.165, 1.54) is 0 Å². The van der Waals surface area contributed by atoms with Crippen LogP contribution >= 0.6 is 23.2 Å². The maximum absolute atomic E-state index is 5.45. The molecule has 0 unspecified atom stereocenters. The minimum atomic E-state index is -1.48. The Labute approximate surface area is 104 Å². The van der Waals surface area contributed by atoms with Crippen LogP contribution in [0.15, 0.2) is 22.7 Å². The molecule has 3 heteroatoms. The van der Waals surface area contributed by atoms with Crippen LogP contribution < -0.4 is 0 Å². The van der Waals surface area contributed by atoms with Gasteiger partial charge in [-0.2, -0.15) is 0 Å². The van der Waals surface area contributed by atoms with Crippen LogP contribution in [-0.4, -0.2) is 8.07 Å². The van der Waals surface area contributed by atoms with Crippen molar-refractivity contribution >= 4 is 31.3 Å². The summed E-state index contributed by atoms with van der Waals surface area (Å²) < 4.78 is 0.250. The molecule has 0 nitrogen and oxygen atoms in total. The van der Waals surface area contributed by atoms with Crippen molar-refractivity contribution in [1.29, 1.82) is 0 Å². The zero-order valence-corrected chi connectivity index (χ0v) is 12.5. The Morgan fingerprint density at radius 1 is 1.20 bits per heavy atom. The second kappa shape index (κ2) is 5.79. The Morgan fingerprint density at radius 2 is 1.73 bits per heavy atom. The largest absolute Gasteiger partial charge is 0.138 e. The van der Waals surface area contributed by atoms with Gasteiger partial charge in [0, 0.05) is 0 Å². The first-order valence-electron chi connectivity index (χ1n) is 4.87. The zero-order chi connectivity index (χ0) is 12.1. The third-order valence-electron chi connectivity index (χ3n) is 2.66. The van der Waals surface area contributed by atoms with Crippen LogP contribution in [0.3, 0.4) is 0 Å². The summed E-state index contributed by atoms with van der Waals surface area (Å²) in [5.74, 6) is 3.06. The first-order valence-corrected chi connectivity index (χ1v) is 8.63. The lowest BCUT2D eigenvalue weighted by molar-refractivity contribution is 0.731. The van der Waals surface area contributed by atoms with E-state index in [1.807, 2.05) is 0 Å². The lowest BCUT2D eigenvalue weighted by Gasteiger charge is -2.31. The van der Waals surface area contributed by atoms with Crippen LogP contribution in [0, 0.1) is 11.5 Å². The molecule has 0 rings (SSSR count). The summed E-state index contributed by atoms with van der Waals surface area (Å²) in [6.07, 6.45) is 5.16. The van der Waals surface area contributed by atoms with E-state index in [0.29, 0.717) is 5.04 Å². The van der Waals surface area contributed by atoms with Gasteiger partial charge in [-0.1, -0.05) is 69.1 Å². The molecular formula is C12H18Cl2Si. The van der Waals surface area contributed by atoms with Gasteiger partial charge in [0.1, 0.15) is 12.6 Å². The fraction of sp³-hybridized carbons (Fsp3) is 0.500. The summed E-state index contributed by atoms with van der Waals surface area (Å²) in [4.78, 5) is 0. The first kappa shape index (κ1) is 14.8. The third-order valence-corrected chi connectivity index (χ3v) is 7.43. The molecule has 0 aliphatic carbocycles. The van der Waals surface area contributed by atoms with E-state index in [1.54, 1.807) is 18.2 Å². The predicted octanol–water partition coefficient (Wildman–Crippen LogP) is 4.91. The van der Waals surface area contributed by atoms with Crippen LogP contribution in [0.25, 0.3) is 0 Å². The molecule has 0 saturated heterocycles. The van der Waals surface area contributed by atoms with Gasteiger partial charge in [0.05, 0.1) is 0 Å². The van der Waals surface area contributed by atoms with E-state index in [2.05, 4.69) is 45.3 Å². The number of halogens is 2. The smallest absolute Gasteiger partial charge is 0.127 e. The molecule has 0 bridgehead atoms. The molecule has 0 aliphatic rings. The fourth-order valence-electron chi connectivity index (χ4n) is 0.579. The van der Waals surface area contributed by atoms with Crippen molar-refractivity contribution in [2.24, 2.45) is 0 Å². The highest BCUT2D eigenvalue weighted by atomic mass is 35.5. The zero-order valence-electron chi connectivity index (χ0n) is 9.99. The number of allylic oxidation sites excluding steroid dienone is 3. The summed E-state index contributed by atoms with van der Waals surface area (Å²) in [6, 6.07) is 0. The monoisotopic (exact) mass is 260 g/mol. The van der Waals surface area contributed by atoms with E-state index >= 15 is 0 Å². The molecule has 84 valence electrons. The predicted molar refractivity (Wildman–Crippen MR) is 73.9 cm³/mol. The van der Waals surface area contributed by atoms with Gasteiger partial charge in [-0.05, 0) is 17.2 Å². The van der Waals surface area contributed by atoms with Crippen molar-refractivity contribution in [3.63, 3.8) is 0 Å². The van der Waals surface area contributed by atoms with Crippen LogP contribution in [0.2, 0.25) is 18.1 Å². The maximum Gasteiger partial charge on any atom is 0.138 e. The van der Waals surface area contributed by atoms with Gasteiger partial charge < -0.3 is 0 Å². The van der Waals surface area contributed by atoms with Gasteiger partial charge in [0.25, 0.3) is 0 Å². The van der Waals surface area contributed by atoms with Crippen LogP contribution in [0.1, 0.15) is 20.8 Å². The Bertz CT molecular complexity index is 318. The lowest BCUT2D eigenvalue weighted by atomic mass is 10.2. The number of hydrogen-bond donors (Lipinski definition) is 0. The van der Waals surface area contributed by atoms with Gasteiger partial charge in [0.15, 0.2) is 0 Å². The fourth-order valence-corrected chi connectivity index (χ4v) is 1.54. The Morgan fingerprint density at radius 3 is 2.13 bits per heavy atom. The topological polar surface area (TPSA) is 0 Å². The Hall–Kier alpha value is -0.163. The molecule has 0 radical (unpaired) electrons. The lowest BCUT2D eigenvalue weighted by Crippen LogP contribution is -2.35. The first-order chi connectivity index (χ1) is 6.67. The molecule has 15 heavy (non-hydrogen) atoms. The molecule has 0 amide bonds. The highest BCUT2D eigenvalue weighted by Gasteiger charge is 2.33. The molecule has 0 saturated carbocycles. The quantitative estimate of drug-likeness (QED) is 0.357. The van der Waals surface area contributed by atoms with Crippen molar-refractivity contribution in [2.45, 2.75) is 38.9 Å². The molecule has 0 aromatic rings. The third kappa shape index (κ3) is 6.09. The van der Waals surface area contributed by atoms with Crippen molar-refractivity contribution in [2.75, 3.05) is 0 Å². The Balaban J connectivity index is 4.55. The van der Waals surface area contributed by atoms with E-state index < -0.39 is 8.07 Å².